The molecule has 0 aromatic carbocycles. The molecule has 120 valence electrons. The quantitative estimate of drug-likeness (QED) is 0.532. The molecule has 2 heteroatoms. The molecule has 0 aliphatic rings. The molecule has 0 amide bonds. The number of nitrogens with one attached hydrogen (secondary N) is 1. The number of hydrogen-bond acceptors (Lipinski definition) is 2. The van der Waals surface area contributed by atoms with Crippen LogP contribution in [0.15, 0.2) is 12.7 Å². The minimum absolute atomic E-state index is 0.560. The highest BCUT2D eigenvalue weighted by atomic mass is 16.5. The van der Waals surface area contributed by atoms with Crippen LogP contribution in [0.1, 0.15) is 53.9 Å². The van der Waals surface area contributed by atoms with Crippen molar-refractivity contribution in [1.29, 1.82) is 0 Å². The first-order valence-corrected chi connectivity index (χ1v) is 8.40. The lowest BCUT2D eigenvalue weighted by molar-refractivity contribution is 0.123. The molecule has 0 aliphatic heterocycles. The van der Waals surface area contributed by atoms with Crippen LogP contribution in [0, 0.1) is 23.7 Å². The molecule has 0 bridgehead atoms. The fraction of sp³-hybridized carbons (Fsp3) is 0.889. The Morgan fingerprint density at radius 3 is 2.10 bits per heavy atom. The Kier molecular flexibility index (Phi) is 11.1. The smallest absolute Gasteiger partial charge is 0.0505 e. The van der Waals surface area contributed by atoms with Gasteiger partial charge < -0.3 is 10.1 Å². The molecule has 0 aliphatic carbocycles. The van der Waals surface area contributed by atoms with Crippen LogP contribution in [0.25, 0.3) is 0 Å². The highest BCUT2D eigenvalue weighted by molar-refractivity contribution is 4.88. The van der Waals surface area contributed by atoms with Crippen LogP contribution in [0.4, 0.5) is 0 Å². The van der Waals surface area contributed by atoms with Crippen molar-refractivity contribution < 1.29 is 4.74 Å². The Hall–Kier alpha value is -0.340. The largest absolute Gasteiger partial charge is 0.384 e. The Morgan fingerprint density at radius 2 is 1.70 bits per heavy atom. The van der Waals surface area contributed by atoms with Crippen LogP contribution < -0.4 is 5.32 Å². The lowest BCUT2D eigenvalue weighted by Gasteiger charge is -2.31. The standard InChI is InChI=1S/C18H37NO/c1-8-14(5)17(10-3)15(6)12-19-18(11-4)16(9-2)13-20-7/h10,14-19H,3,8-9,11-13H2,1-2,4-7H3. The van der Waals surface area contributed by atoms with Crippen molar-refractivity contribution in [1.82, 2.24) is 5.32 Å². The number of hydrogen-bond donors (Lipinski definition) is 1. The zero-order valence-corrected chi connectivity index (χ0v) is 14.6. The zero-order chi connectivity index (χ0) is 15.5. The van der Waals surface area contributed by atoms with Crippen molar-refractivity contribution >= 4 is 0 Å². The molecule has 0 saturated heterocycles. The fourth-order valence-corrected chi connectivity index (χ4v) is 3.15. The minimum atomic E-state index is 0.560. The SMILES string of the molecule is C=CC(C(C)CC)C(C)CNC(CC)C(CC)COC. The summed E-state index contributed by atoms with van der Waals surface area (Å²) in [7, 11) is 1.80. The summed E-state index contributed by atoms with van der Waals surface area (Å²) in [5, 5.41) is 3.77. The third-order valence-electron chi connectivity index (χ3n) is 4.85. The van der Waals surface area contributed by atoms with Crippen molar-refractivity contribution in [2.24, 2.45) is 23.7 Å². The summed E-state index contributed by atoms with van der Waals surface area (Å²) in [4.78, 5) is 0. The Bertz CT molecular complexity index is 242. The summed E-state index contributed by atoms with van der Waals surface area (Å²) >= 11 is 0. The van der Waals surface area contributed by atoms with Gasteiger partial charge in [-0.15, -0.1) is 6.58 Å². The van der Waals surface area contributed by atoms with E-state index in [0.29, 0.717) is 29.7 Å². The molecule has 5 atom stereocenters. The van der Waals surface area contributed by atoms with Crippen molar-refractivity contribution in [3.05, 3.63) is 12.7 Å². The monoisotopic (exact) mass is 283 g/mol. The third-order valence-corrected chi connectivity index (χ3v) is 4.85. The van der Waals surface area contributed by atoms with Crippen LogP contribution in [-0.2, 0) is 4.74 Å². The van der Waals surface area contributed by atoms with Crippen LogP contribution in [0.3, 0.4) is 0 Å². The van der Waals surface area contributed by atoms with Gasteiger partial charge in [-0.1, -0.05) is 47.1 Å². The maximum absolute atomic E-state index is 5.35. The normalized spacial score (nSPS) is 19.1. The predicted octanol–water partition coefficient (Wildman–Crippen LogP) is 4.51. The first kappa shape index (κ1) is 19.7. The van der Waals surface area contributed by atoms with Gasteiger partial charge in [0.05, 0.1) is 6.61 Å². The van der Waals surface area contributed by atoms with E-state index in [4.69, 9.17) is 4.74 Å². The van der Waals surface area contributed by atoms with Gasteiger partial charge in [-0.2, -0.15) is 0 Å². The molecule has 0 heterocycles. The van der Waals surface area contributed by atoms with Gasteiger partial charge in [0.2, 0.25) is 0 Å². The Labute approximate surface area is 127 Å². The molecule has 20 heavy (non-hydrogen) atoms. The van der Waals surface area contributed by atoms with E-state index in [9.17, 15) is 0 Å². The maximum atomic E-state index is 5.35. The minimum Gasteiger partial charge on any atom is -0.384 e. The van der Waals surface area contributed by atoms with E-state index in [-0.39, 0.29) is 0 Å². The van der Waals surface area contributed by atoms with Crippen LogP contribution >= 0.6 is 0 Å². The first-order valence-electron chi connectivity index (χ1n) is 8.40. The van der Waals surface area contributed by atoms with Crippen molar-refractivity contribution in [3.63, 3.8) is 0 Å². The number of rotatable bonds is 12. The summed E-state index contributed by atoms with van der Waals surface area (Å²) in [6, 6.07) is 0.560. The fourth-order valence-electron chi connectivity index (χ4n) is 3.15. The second-order valence-electron chi connectivity index (χ2n) is 6.22. The summed E-state index contributed by atoms with van der Waals surface area (Å²) in [6.07, 6.45) is 5.70. The van der Waals surface area contributed by atoms with Gasteiger partial charge in [-0.05, 0) is 43.1 Å². The van der Waals surface area contributed by atoms with Gasteiger partial charge in [-0.3, -0.25) is 0 Å². The molecule has 1 N–H and O–H groups in total. The summed E-state index contributed by atoms with van der Waals surface area (Å²) in [5.74, 6) is 2.57. The maximum Gasteiger partial charge on any atom is 0.0505 e. The molecular weight excluding hydrogens is 246 g/mol. The molecular formula is C18H37NO. The summed E-state index contributed by atoms with van der Waals surface area (Å²) in [5.41, 5.74) is 0. The molecule has 5 unspecified atom stereocenters. The van der Waals surface area contributed by atoms with E-state index < -0.39 is 0 Å². The van der Waals surface area contributed by atoms with E-state index in [0.717, 1.165) is 19.6 Å². The van der Waals surface area contributed by atoms with Gasteiger partial charge in [0, 0.05) is 13.2 Å². The lowest BCUT2D eigenvalue weighted by atomic mass is 9.82. The third kappa shape index (κ3) is 6.41. The van der Waals surface area contributed by atoms with Gasteiger partial charge >= 0.3 is 0 Å². The van der Waals surface area contributed by atoms with Crippen molar-refractivity contribution in [3.8, 4) is 0 Å². The van der Waals surface area contributed by atoms with E-state index in [1.54, 1.807) is 7.11 Å². The Morgan fingerprint density at radius 1 is 1.05 bits per heavy atom. The molecule has 0 aromatic heterocycles. The Balaban J connectivity index is 4.43. The summed E-state index contributed by atoms with van der Waals surface area (Å²) in [6.45, 7) is 17.4. The highest BCUT2D eigenvalue weighted by Crippen LogP contribution is 2.24. The molecule has 0 spiro atoms. The van der Waals surface area contributed by atoms with E-state index in [1.807, 2.05) is 0 Å². The van der Waals surface area contributed by atoms with Crippen LogP contribution in [-0.4, -0.2) is 26.3 Å². The zero-order valence-electron chi connectivity index (χ0n) is 14.6. The van der Waals surface area contributed by atoms with Gasteiger partial charge in [-0.25, -0.2) is 0 Å². The molecule has 2 nitrogen and oxygen atoms in total. The topological polar surface area (TPSA) is 21.3 Å². The molecule has 0 rings (SSSR count). The molecule has 0 fully saturated rings. The van der Waals surface area contributed by atoms with Crippen LogP contribution in [0.5, 0.6) is 0 Å². The second kappa shape index (κ2) is 11.3. The van der Waals surface area contributed by atoms with E-state index in [1.165, 1.54) is 12.8 Å². The lowest BCUT2D eigenvalue weighted by Crippen LogP contribution is -2.41. The second-order valence-corrected chi connectivity index (χ2v) is 6.22. The van der Waals surface area contributed by atoms with E-state index in [2.05, 4.69) is 52.6 Å². The average molecular weight is 284 g/mol. The van der Waals surface area contributed by atoms with Gasteiger partial charge in [0.1, 0.15) is 0 Å². The average Bonchev–Trinajstić information content (AvgIpc) is 2.46. The van der Waals surface area contributed by atoms with Crippen molar-refractivity contribution in [2.75, 3.05) is 20.3 Å². The molecule has 0 saturated carbocycles. The first-order chi connectivity index (χ1) is 9.55. The predicted molar refractivity (Wildman–Crippen MR) is 90.0 cm³/mol. The van der Waals surface area contributed by atoms with E-state index >= 15 is 0 Å². The van der Waals surface area contributed by atoms with Crippen molar-refractivity contribution in [2.45, 2.75) is 59.9 Å². The van der Waals surface area contributed by atoms with Crippen LogP contribution in [0.2, 0.25) is 0 Å². The highest BCUT2D eigenvalue weighted by Gasteiger charge is 2.22. The summed E-state index contributed by atoms with van der Waals surface area (Å²) < 4.78 is 5.35. The van der Waals surface area contributed by atoms with Gasteiger partial charge in [0.25, 0.3) is 0 Å². The van der Waals surface area contributed by atoms with Gasteiger partial charge in [0.15, 0.2) is 0 Å². The molecule has 0 radical (unpaired) electrons. The number of ether oxygens (including phenoxy) is 1. The number of methoxy groups -OCH3 is 1. The number of allylic oxidation sites excluding steroid dienone is 1. The molecule has 0 aromatic rings.